The zero-order valence-electron chi connectivity index (χ0n) is 30.8. The molecule has 3 fully saturated rings. The van der Waals surface area contributed by atoms with Crippen molar-refractivity contribution in [3.05, 3.63) is 107 Å². The Morgan fingerprint density at radius 3 is 2.12 bits per heavy atom. The van der Waals surface area contributed by atoms with Gasteiger partial charge in [-0.2, -0.15) is 0 Å². The van der Waals surface area contributed by atoms with Gasteiger partial charge >= 0.3 is 12.1 Å². The quantitative estimate of drug-likeness (QED) is 0.232. The van der Waals surface area contributed by atoms with E-state index in [0.717, 1.165) is 56.1 Å². The number of terminal acetylenes is 1. The van der Waals surface area contributed by atoms with E-state index in [1.807, 2.05) is 67.6 Å². The molecule has 6 atom stereocenters. The van der Waals surface area contributed by atoms with Crippen LogP contribution in [0.4, 0.5) is 16.2 Å². The topological polar surface area (TPSA) is 72.9 Å². The Morgan fingerprint density at radius 2 is 1.49 bits per heavy atom. The maximum atomic E-state index is 14.0. The first-order valence-corrected chi connectivity index (χ1v) is 18.3. The van der Waals surface area contributed by atoms with Gasteiger partial charge in [0.1, 0.15) is 0 Å². The van der Waals surface area contributed by atoms with Crippen LogP contribution in [0.1, 0.15) is 86.5 Å². The number of nitrogens with zero attached hydrogens (tertiary/aromatic N) is 1. The van der Waals surface area contributed by atoms with Crippen LogP contribution in [0, 0.1) is 45.3 Å². The van der Waals surface area contributed by atoms with Crippen LogP contribution in [-0.2, 0) is 19.1 Å². The predicted molar refractivity (Wildman–Crippen MR) is 200 cm³/mol. The van der Waals surface area contributed by atoms with E-state index in [4.69, 9.17) is 15.9 Å². The summed E-state index contributed by atoms with van der Waals surface area (Å²) in [6.45, 7) is 13.6. The molecule has 0 heterocycles. The number of ketones is 1. The molecule has 51 heavy (non-hydrogen) atoms. The molecule has 3 saturated carbocycles. The Hall–Kier alpha value is -4.63. The van der Waals surface area contributed by atoms with Gasteiger partial charge in [-0.05, 0) is 122 Å². The molecular weight excluding hydrogens is 634 g/mol. The third-order valence-electron chi connectivity index (χ3n) is 14.0. The van der Waals surface area contributed by atoms with Gasteiger partial charge in [-0.15, -0.1) is 6.42 Å². The molecule has 1 amide bonds. The van der Waals surface area contributed by atoms with Gasteiger partial charge in [0, 0.05) is 11.0 Å². The number of hydrogen-bond donors (Lipinski definition) is 0. The van der Waals surface area contributed by atoms with Crippen molar-refractivity contribution < 1.29 is 23.9 Å². The van der Waals surface area contributed by atoms with Crippen LogP contribution in [0.2, 0.25) is 0 Å². The average Bonchev–Trinajstić information content (AvgIpc) is 3.12. The van der Waals surface area contributed by atoms with Crippen molar-refractivity contribution in [3.8, 4) is 12.3 Å². The van der Waals surface area contributed by atoms with E-state index in [1.54, 1.807) is 6.08 Å². The number of benzene rings is 2. The number of anilines is 2. The lowest BCUT2D eigenvalue weighted by Gasteiger charge is -2.70. The second kappa shape index (κ2) is 12.3. The maximum absolute atomic E-state index is 14.0. The van der Waals surface area contributed by atoms with Crippen molar-refractivity contribution in [3.63, 3.8) is 0 Å². The SMILES string of the molecule is C#CCOC(=O)[C@]1(C)CC[C@]2(C)CC[C@]3(C)C4=CC=C5C(=CC(=O)C(OC(=O)N(c6ccccc6)c6ccccc6)=C5C)[C@]4(C)CC[C@@]3(C)[C@@H]2C1. The Morgan fingerprint density at radius 1 is 0.863 bits per heavy atom. The molecule has 264 valence electrons. The Kier molecular flexibility index (Phi) is 8.36. The fourth-order valence-corrected chi connectivity index (χ4v) is 10.7. The molecule has 0 saturated heterocycles. The number of allylic oxidation sites excluding steroid dienone is 7. The highest BCUT2D eigenvalue weighted by Crippen LogP contribution is 2.75. The molecule has 0 spiro atoms. The minimum absolute atomic E-state index is 0.00612. The summed E-state index contributed by atoms with van der Waals surface area (Å²) in [7, 11) is 0. The van der Waals surface area contributed by atoms with Gasteiger partial charge in [0.15, 0.2) is 12.4 Å². The van der Waals surface area contributed by atoms with Crippen molar-refractivity contribution in [1.82, 2.24) is 0 Å². The maximum Gasteiger partial charge on any atom is 0.424 e. The van der Waals surface area contributed by atoms with Crippen molar-refractivity contribution in [1.29, 1.82) is 0 Å². The fourth-order valence-electron chi connectivity index (χ4n) is 10.7. The number of para-hydroxylation sites is 2. The van der Waals surface area contributed by atoms with Gasteiger partial charge in [0.2, 0.25) is 5.78 Å². The van der Waals surface area contributed by atoms with Gasteiger partial charge in [0.05, 0.1) is 16.8 Å². The van der Waals surface area contributed by atoms with E-state index >= 15 is 0 Å². The highest BCUT2D eigenvalue weighted by atomic mass is 16.6. The molecule has 5 aliphatic rings. The Bertz CT molecular complexity index is 1930. The molecule has 0 aromatic heterocycles. The lowest BCUT2D eigenvalue weighted by Crippen LogP contribution is -2.62. The summed E-state index contributed by atoms with van der Waals surface area (Å²) < 4.78 is 11.6. The molecule has 0 bridgehead atoms. The zero-order chi connectivity index (χ0) is 36.4. The van der Waals surface area contributed by atoms with Gasteiger partial charge in [-0.1, -0.05) is 87.7 Å². The first-order valence-electron chi connectivity index (χ1n) is 18.3. The van der Waals surface area contributed by atoms with Crippen molar-refractivity contribution in [2.75, 3.05) is 11.5 Å². The summed E-state index contributed by atoms with van der Waals surface area (Å²) in [6.07, 6.45) is 17.5. The number of carbonyl (C=O) groups excluding carboxylic acids is 3. The number of amides is 1. The van der Waals surface area contributed by atoms with E-state index in [2.05, 4.69) is 52.7 Å². The predicted octanol–water partition coefficient (Wildman–Crippen LogP) is 10.2. The second-order valence-electron chi connectivity index (χ2n) is 16.7. The summed E-state index contributed by atoms with van der Waals surface area (Å²) in [4.78, 5) is 42.8. The summed E-state index contributed by atoms with van der Waals surface area (Å²) in [5.74, 6) is 2.37. The van der Waals surface area contributed by atoms with Gasteiger partial charge in [0.25, 0.3) is 0 Å². The number of carbonyl (C=O) groups is 3. The molecule has 2 aromatic rings. The number of rotatable bonds is 5. The Labute approximate surface area is 302 Å². The zero-order valence-corrected chi connectivity index (χ0v) is 30.8. The van der Waals surface area contributed by atoms with E-state index in [0.29, 0.717) is 22.9 Å². The van der Waals surface area contributed by atoms with Crippen LogP contribution in [0.25, 0.3) is 0 Å². The number of hydrogen-bond acceptors (Lipinski definition) is 5. The number of esters is 1. The molecule has 0 N–H and O–H groups in total. The first kappa shape index (κ1) is 34.8. The van der Waals surface area contributed by atoms with Crippen molar-refractivity contribution in [2.24, 2.45) is 33.0 Å². The Balaban J connectivity index is 1.23. The smallest absolute Gasteiger partial charge is 0.424 e. The van der Waals surface area contributed by atoms with Crippen LogP contribution in [-0.4, -0.2) is 24.5 Å². The second-order valence-corrected chi connectivity index (χ2v) is 16.7. The lowest BCUT2D eigenvalue weighted by atomic mass is 9.34. The molecule has 0 radical (unpaired) electrons. The standard InChI is InChI=1S/C45H49NO5/c1-8-27-50-39(48)42(4)22-21-41(3)23-25-44(6)36-20-19-33-30(2)38(35(47)28-34(33)43(36,5)24-26-45(44,7)37(41)29-42)51-40(49)46(31-15-11-9-12-16-31)32-17-13-10-14-18-32/h1,9-20,28,37H,21-27,29H2,2-7H3/t37-,41-,42-,43+,44-,45+/m1/s1. The first-order chi connectivity index (χ1) is 24.2. The number of ether oxygens (including phenoxy) is 2. The van der Waals surface area contributed by atoms with Crippen LogP contribution in [0.15, 0.2) is 107 Å². The molecule has 0 unspecified atom stereocenters. The molecular formula is C45H49NO5. The summed E-state index contributed by atoms with van der Waals surface area (Å²) in [5, 5.41) is 0. The van der Waals surface area contributed by atoms with Crippen LogP contribution < -0.4 is 4.90 Å². The molecule has 5 aliphatic carbocycles. The minimum atomic E-state index is -0.639. The minimum Gasteiger partial charge on any atom is -0.452 e. The highest BCUT2D eigenvalue weighted by Gasteiger charge is 2.67. The van der Waals surface area contributed by atoms with E-state index in [1.165, 1.54) is 10.5 Å². The third-order valence-corrected chi connectivity index (χ3v) is 14.0. The van der Waals surface area contributed by atoms with Crippen LogP contribution in [0.5, 0.6) is 0 Å². The van der Waals surface area contributed by atoms with Crippen molar-refractivity contribution in [2.45, 2.75) is 86.5 Å². The summed E-state index contributed by atoms with van der Waals surface area (Å²) in [6, 6.07) is 18.6. The molecule has 2 aromatic carbocycles. The van der Waals surface area contributed by atoms with Crippen LogP contribution >= 0.6 is 0 Å². The monoisotopic (exact) mass is 683 g/mol. The molecule has 6 heteroatoms. The number of fused-ring (bicyclic) bond motifs is 7. The van der Waals surface area contributed by atoms with Crippen molar-refractivity contribution >= 4 is 29.2 Å². The normalized spacial score (nSPS) is 33.9. The fraction of sp³-hybridized carbons (Fsp3) is 0.444. The lowest BCUT2D eigenvalue weighted by molar-refractivity contribution is -0.181. The van der Waals surface area contributed by atoms with E-state index in [9.17, 15) is 14.4 Å². The average molecular weight is 684 g/mol. The van der Waals surface area contributed by atoms with Gasteiger partial charge < -0.3 is 9.47 Å². The van der Waals surface area contributed by atoms with Gasteiger partial charge in [-0.3, -0.25) is 9.59 Å². The van der Waals surface area contributed by atoms with Gasteiger partial charge in [-0.25, -0.2) is 9.69 Å². The summed E-state index contributed by atoms with van der Waals surface area (Å²) in [5.41, 5.74) is 4.29. The highest BCUT2D eigenvalue weighted by molar-refractivity contribution is 6.09. The van der Waals surface area contributed by atoms with Crippen LogP contribution in [0.3, 0.4) is 0 Å². The molecule has 0 aliphatic heterocycles. The van der Waals surface area contributed by atoms with E-state index in [-0.39, 0.29) is 45.8 Å². The largest absolute Gasteiger partial charge is 0.452 e. The molecule has 7 rings (SSSR count). The third kappa shape index (κ3) is 5.26. The molecule has 6 nitrogen and oxygen atoms in total. The summed E-state index contributed by atoms with van der Waals surface area (Å²) >= 11 is 0. The van der Waals surface area contributed by atoms with E-state index < -0.39 is 11.5 Å².